The molecule has 1 aromatic carbocycles. The molecule has 0 spiro atoms. The number of anilines is 1. The van der Waals surface area contributed by atoms with Crippen LogP contribution in [-0.4, -0.2) is 76.2 Å². The van der Waals surface area contributed by atoms with E-state index in [2.05, 4.69) is 9.80 Å². The van der Waals surface area contributed by atoms with Crippen molar-refractivity contribution in [1.29, 1.82) is 0 Å². The number of nitrogens with zero attached hydrogens (tertiary/aromatic N) is 3. The van der Waals surface area contributed by atoms with Crippen LogP contribution in [0.25, 0.3) is 0 Å². The van der Waals surface area contributed by atoms with Gasteiger partial charge in [-0.3, -0.25) is 9.69 Å². The van der Waals surface area contributed by atoms with Gasteiger partial charge in [-0.15, -0.1) is 0 Å². The number of likely N-dealkylation sites (tertiary alicyclic amines) is 1. The van der Waals surface area contributed by atoms with E-state index in [-0.39, 0.29) is 5.91 Å². The Morgan fingerprint density at radius 2 is 1.68 bits per heavy atom. The molecule has 2 aliphatic rings. The first-order chi connectivity index (χ1) is 11.9. The maximum atomic E-state index is 12.4. The highest BCUT2D eigenvalue weighted by Gasteiger charge is 2.24. The molecule has 2 heterocycles. The van der Waals surface area contributed by atoms with Crippen molar-refractivity contribution >= 4 is 21.4 Å². The Kier molecular flexibility index (Phi) is 5.64. The summed E-state index contributed by atoms with van der Waals surface area (Å²) in [5.74, 6) is 0.225. The third-order valence-electron chi connectivity index (χ3n) is 5.01. The Balaban J connectivity index is 1.65. The lowest BCUT2D eigenvalue weighted by Gasteiger charge is -2.26. The van der Waals surface area contributed by atoms with Crippen molar-refractivity contribution in [1.82, 2.24) is 9.80 Å². The lowest BCUT2D eigenvalue weighted by molar-refractivity contribution is -0.131. The van der Waals surface area contributed by atoms with Crippen molar-refractivity contribution in [2.24, 2.45) is 0 Å². The van der Waals surface area contributed by atoms with Crippen LogP contribution < -0.4 is 4.90 Å². The third kappa shape index (κ3) is 4.52. The van der Waals surface area contributed by atoms with Crippen molar-refractivity contribution in [3.63, 3.8) is 0 Å². The molecule has 2 fully saturated rings. The Bertz CT molecular complexity index is 714. The van der Waals surface area contributed by atoms with Crippen molar-refractivity contribution in [2.75, 3.05) is 57.0 Å². The summed E-state index contributed by atoms with van der Waals surface area (Å²) in [5.41, 5.74) is 0.776. The number of hydrogen-bond acceptors (Lipinski definition) is 5. The van der Waals surface area contributed by atoms with Gasteiger partial charge in [-0.1, -0.05) is 12.1 Å². The number of hydrogen-bond donors (Lipinski definition) is 0. The van der Waals surface area contributed by atoms with Crippen LogP contribution in [0.5, 0.6) is 0 Å². The molecule has 0 N–H and O–H groups in total. The summed E-state index contributed by atoms with van der Waals surface area (Å²) in [6.07, 6.45) is 4.40. The molecule has 0 aromatic heterocycles. The summed E-state index contributed by atoms with van der Waals surface area (Å²) >= 11 is 0. The number of carbonyl (C=O) groups excluding carboxylic acids is 1. The summed E-state index contributed by atoms with van der Waals surface area (Å²) in [4.78, 5) is 19.0. The van der Waals surface area contributed by atoms with Gasteiger partial charge in [0.15, 0.2) is 9.84 Å². The average Bonchev–Trinajstić information content (AvgIpc) is 3.02. The van der Waals surface area contributed by atoms with Crippen molar-refractivity contribution in [3.8, 4) is 0 Å². The minimum Gasteiger partial charge on any atom is -0.369 e. The van der Waals surface area contributed by atoms with Gasteiger partial charge in [0.1, 0.15) is 0 Å². The van der Waals surface area contributed by atoms with Gasteiger partial charge >= 0.3 is 0 Å². The van der Waals surface area contributed by atoms with Gasteiger partial charge in [-0.25, -0.2) is 8.42 Å². The van der Waals surface area contributed by atoms with Crippen LogP contribution in [0, 0.1) is 0 Å². The molecule has 7 heteroatoms. The number of para-hydroxylation sites is 1. The van der Waals surface area contributed by atoms with Gasteiger partial charge in [-0.2, -0.15) is 0 Å². The summed E-state index contributed by atoms with van der Waals surface area (Å²) in [7, 11) is -3.25. The van der Waals surface area contributed by atoms with Gasteiger partial charge in [0.05, 0.1) is 17.1 Å². The zero-order valence-electron chi connectivity index (χ0n) is 14.9. The lowest BCUT2D eigenvalue weighted by Crippen LogP contribution is -2.40. The van der Waals surface area contributed by atoms with E-state index >= 15 is 0 Å². The molecule has 0 saturated carbocycles. The van der Waals surface area contributed by atoms with Crippen molar-refractivity contribution < 1.29 is 13.2 Å². The number of sulfone groups is 1. The van der Waals surface area contributed by atoms with Gasteiger partial charge in [0, 0.05) is 45.5 Å². The molecule has 6 nitrogen and oxygen atoms in total. The molecule has 0 aliphatic carbocycles. The van der Waals surface area contributed by atoms with E-state index in [1.807, 2.05) is 17.0 Å². The van der Waals surface area contributed by atoms with Gasteiger partial charge < -0.3 is 9.80 Å². The predicted molar refractivity (Wildman–Crippen MR) is 98.6 cm³/mol. The van der Waals surface area contributed by atoms with Crippen molar-refractivity contribution in [3.05, 3.63) is 24.3 Å². The van der Waals surface area contributed by atoms with Crippen LogP contribution in [0.3, 0.4) is 0 Å². The van der Waals surface area contributed by atoms with Crippen LogP contribution in [-0.2, 0) is 14.6 Å². The molecule has 0 unspecified atom stereocenters. The molecule has 0 radical (unpaired) electrons. The van der Waals surface area contributed by atoms with Gasteiger partial charge in [0.25, 0.3) is 0 Å². The van der Waals surface area contributed by atoms with Crippen LogP contribution >= 0.6 is 0 Å². The quantitative estimate of drug-likeness (QED) is 0.803. The largest absolute Gasteiger partial charge is 0.369 e. The van der Waals surface area contributed by atoms with E-state index in [0.29, 0.717) is 11.4 Å². The first-order valence-corrected chi connectivity index (χ1v) is 10.9. The van der Waals surface area contributed by atoms with E-state index in [1.165, 1.54) is 6.26 Å². The molecular formula is C18H27N3O3S. The number of rotatable bonds is 4. The normalized spacial score (nSPS) is 19.9. The van der Waals surface area contributed by atoms with E-state index in [0.717, 1.165) is 64.2 Å². The highest BCUT2D eigenvalue weighted by Crippen LogP contribution is 2.26. The summed E-state index contributed by atoms with van der Waals surface area (Å²) in [6.45, 7) is 5.44. The fourth-order valence-corrected chi connectivity index (χ4v) is 4.56. The van der Waals surface area contributed by atoms with E-state index in [4.69, 9.17) is 0 Å². The van der Waals surface area contributed by atoms with E-state index in [9.17, 15) is 13.2 Å². The van der Waals surface area contributed by atoms with Crippen LogP contribution in [0.1, 0.15) is 19.3 Å². The monoisotopic (exact) mass is 365 g/mol. The molecule has 3 rings (SSSR count). The minimum absolute atomic E-state index is 0.225. The predicted octanol–water partition coefficient (Wildman–Crippen LogP) is 1.22. The molecule has 1 aromatic rings. The Morgan fingerprint density at radius 1 is 0.960 bits per heavy atom. The van der Waals surface area contributed by atoms with Crippen LogP contribution in [0.15, 0.2) is 29.2 Å². The van der Waals surface area contributed by atoms with Crippen LogP contribution in [0.2, 0.25) is 0 Å². The zero-order chi connectivity index (χ0) is 17.9. The lowest BCUT2D eigenvalue weighted by atomic mass is 10.2. The maximum absolute atomic E-state index is 12.4. The van der Waals surface area contributed by atoms with E-state index < -0.39 is 9.84 Å². The number of benzene rings is 1. The SMILES string of the molecule is CS(=O)(=O)c1ccccc1N1CCCN(CC(=O)N2CCCC2)CC1. The molecule has 2 aliphatic heterocycles. The van der Waals surface area contributed by atoms with Crippen molar-refractivity contribution in [2.45, 2.75) is 24.2 Å². The number of carbonyl (C=O) groups is 1. The van der Waals surface area contributed by atoms with Crippen LogP contribution in [0.4, 0.5) is 5.69 Å². The summed E-state index contributed by atoms with van der Waals surface area (Å²) in [5, 5.41) is 0. The van der Waals surface area contributed by atoms with Gasteiger partial charge in [0.2, 0.25) is 5.91 Å². The summed E-state index contributed by atoms with van der Waals surface area (Å²) < 4.78 is 24.1. The molecule has 2 saturated heterocycles. The van der Waals surface area contributed by atoms with E-state index in [1.54, 1.807) is 12.1 Å². The highest BCUT2D eigenvalue weighted by molar-refractivity contribution is 7.90. The fraction of sp³-hybridized carbons (Fsp3) is 0.611. The summed E-state index contributed by atoms with van der Waals surface area (Å²) in [6, 6.07) is 7.19. The second-order valence-corrected chi connectivity index (χ2v) is 8.93. The fourth-order valence-electron chi connectivity index (χ4n) is 3.66. The molecule has 1 amide bonds. The maximum Gasteiger partial charge on any atom is 0.236 e. The molecule has 25 heavy (non-hydrogen) atoms. The Hall–Kier alpha value is -1.60. The second kappa shape index (κ2) is 7.74. The molecule has 138 valence electrons. The Morgan fingerprint density at radius 3 is 2.40 bits per heavy atom. The first-order valence-electron chi connectivity index (χ1n) is 8.99. The van der Waals surface area contributed by atoms with Gasteiger partial charge in [-0.05, 0) is 31.4 Å². The zero-order valence-corrected chi connectivity index (χ0v) is 15.7. The molecule has 0 atom stereocenters. The smallest absolute Gasteiger partial charge is 0.236 e. The molecule has 0 bridgehead atoms. The first kappa shape index (κ1) is 18.2. The standard InChI is InChI=1S/C18H27N3O3S/c1-25(23,24)17-8-3-2-7-16(17)20-12-6-9-19(13-14-20)15-18(22)21-10-4-5-11-21/h2-3,7-8H,4-6,9-15H2,1H3. The topological polar surface area (TPSA) is 60.9 Å². The minimum atomic E-state index is -3.25. The average molecular weight is 365 g/mol. The molecular weight excluding hydrogens is 338 g/mol. The third-order valence-corrected chi connectivity index (χ3v) is 6.16. The number of amides is 1. The second-order valence-electron chi connectivity index (χ2n) is 6.94. The Labute approximate surface area is 150 Å². The highest BCUT2D eigenvalue weighted by atomic mass is 32.2.